The summed E-state index contributed by atoms with van der Waals surface area (Å²) < 4.78 is 5.26. The summed E-state index contributed by atoms with van der Waals surface area (Å²) in [5, 5.41) is 3.34. The Morgan fingerprint density at radius 2 is 2.24 bits per heavy atom. The monoisotopic (exact) mass is 291 g/mol. The zero-order chi connectivity index (χ0) is 15.5. The number of likely N-dealkylation sites (N-methyl/N-ethyl adjacent to an activating group) is 2. The fourth-order valence-corrected chi connectivity index (χ4v) is 2.90. The predicted octanol–water partition coefficient (Wildman–Crippen LogP) is 1.37. The molecular weight excluding hydrogens is 266 g/mol. The van der Waals surface area contributed by atoms with Crippen molar-refractivity contribution in [2.24, 2.45) is 11.7 Å². The quantitative estimate of drug-likeness (QED) is 0.759. The molecule has 1 aliphatic rings. The first kappa shape index (κ1) is 15.6. The lowest BCUT2D eigenvalue weighted by atomic mass is 9.91. The van der Waals surface area contributed by atoms with Crippen LogP contribution in [0.2, 0.25) is 0 Å². The van der Waals surface area contributed by atoms with Crippen LogP contribution in [0.5, 0.6) is 5.75 Å². The molecule has 1 fully saturated rings. The molecule has 1 aromatic carbocycles. The van der Waals surface area contributed by atoms with E-state index >= 15 is 0 Å². The lowest BCUT2D eigenvalue weighted by Gasteiger charge is -2.36. The molecule has 116 valence electrons. The minimum Gasteiger partial charge on any atom is -0.497 e. The lowest BCUT2D eigenvalue weighted by molar-refractivity contribution is -0.124. The highest BCUT2D eigenvalue weighted by Gasteiger charge is 2.50. The highest BCUT2D eigenvalue weighted by Crippen LogP contribution is 2.40. The van der Waals surface area contributed by atoms with Crippen LogP contribution in [0.4, 0.5) is 5.69 Å². The fourth-order valence-electron chi connectivity index (χ4n) is 2.90. The van der Waals surface area contributed by atoms with Gasteiger partial charge in [0.2, 0.25) is 5.91 Å². The van der Waals surface area contributed by atoms with Crippen molar-refractivity contribution in [1.82, 2.24) is 5.32 Å². The van der Waals surface area contributed by atoms with Crippen LogP contribution in [0.25, 0.3) is 0 Å². The van der Waals surface area contributed by atoms with Crippen molar-refractivity contribution in [2.75, 3.05) is 32.1 Å². The Bertz CT molecular complexity index is 502. The van der Waals surface area contributed by atoms with Crippen molar-refractivity contribution in [3.63, 3.8) is 0 Å². The van der Waals surface area contributed by atoms with Crippen LogP contribution in [0.15, 0.2) is 24.3 Å². The van der Waals surface area contributed by atoms with Crippen molar-refractivity contribution in [2.45, 2.75) is 25.3 Å². The van der Waals surface area contributed by atoms with Crippen LogP contribution in [0.3, 0.4) is 0 Å². The normalized spacial score (nSPS) is 17.1. The number of rotatable bonds is 8. The van der Waals surface area contributed by atoms with Crippen molar-refractivity contribution >= 4 is 11.6 Å². The lowest BCUT2D eigenvalue weighted by Crippen LogP contribution is -2.63. The van der Waals surface area contributed by atoms with Crippen molar-refractivity contribution < 1.29 is 9.53 Å². The van der Waals surface area contributed by atoms with Gasteiger partial charge in [0, 0.05) is 25.3 Å². The number of amides is 1. The number of nitrogens with two attached hydrogens (primary N) is 1. The van der Waals surface area contributed by atoms with E-state index in [0.717, 1.165) is 30.8 Å². The second-order valence-corrected chi connectivity index (χ2v) is 5.70. The number of methoxy groups -OCH3 is 1. The van der Waals surface area contributed by atoms with Crippen LogP contribution in [0, 0.1) is 5.92 Å². The van der Waals surface area contributed by atoms with E-state index in [1.54, 1.807) is 7.11 Å². The molecule has 0 spiro atoms. The van der Waals surface area contributed by atoms with E-state index < -0.39 is 5.54 Å². The van der Waals surface area contributed by atoms with E-state index in [4.69, 9.17) is 10.5 Å². The van der Waals surface area contributed by atoms with E-state index in [1.807, 2.05) is 38.2 Å². The van der Waals surface area contributed by atoms with Gasteiger partial charge >= 0.3 is 0 Å². The first-order chi connectivity index (χ1) is 10.0. The maximum atomic E-state index is 12.1. The van der Waals surface area contributed by atoms with E-state index in [-0.39, 0.29) is 5.91 Å². The average molecular weight is 291 g/mol. The molecule has 0 bridgehead atoms. The number of benzene rings is 1. The summed E-state index contributed by atoms with van der Waals surface area (Å²) in [5.41, 5.74) is 6.09. The van der Waals surface area contributed by atoms with Crippen LogP contribution in [0.1, 0.15) is 19.8 Å². The molecule has 1 aromatic rings. The Balaban J connectivity index is 2.20. The van der Waals surface area contributed by atoms with Gasteiger partial charge in [-0.05, 0) is 37.4 Å². The first-order valence-corrected chi connectivity index (χ1v) is 7.43. The second-order valence-electron chi connectivity index (χ2n) is 5.70. The van der Waals surface area contributed by atoms with Gasteiger partial charge in [0.1, 0.15) is 11.3 Å². The molecule has 21 heavy (non-hydrogen) atoms. The zero-order valence-electron chi connectivity index (χ0n) is 13.1. The van der Waals surface area contributed by atoms with E-state index in [0.29, 0.717) is 12.5 Å². The number of nitrogens with zero attached hydrogens (tertiary/aromatic N) is 1. The van der Waals surface area contributed by atoms with Crippen LogP contribution in [-0.2, 0) is 4.79 Å². The Morgan fingerprint density at radius 1 is 1.52 bits per heavy atom. The SMILES string of the molecule is CCNC(CN(C)c1cccc(OC)c1)(C(N)=O)C1CC1. The molecule has 1 saturated carbocycles. The molecule has 3 N–H and O–H groups in total. The number of carbonyl (C=O) groups excluding carboxylic acids is 1. The van der Waals surface area contributed by atoms with Crippen molar-refractivity contribution in [1.29, 1.82) is 0 Å². The third-order valence-corrected chi connectivity index (χ3v) is 4.19. The van der Waals surface area contributed by atoms with Gasteiger partial charge in [-0.15, -0.1) is 0 Å². The number of primary amides is 1. The maximum absolute atomic E-state index is 12.1. The van der Waals surface area contributed by atoms with Crippen LogP contribution in [-0.4, -0.2) is 38.7 Å². The van der Waals surface area contributed by atoms with Gasteiger partial charge in [-0.25, -0.2) is 0 Å². The van der Waals surface area contributed by atoms with Gasteiger partial charge in [-0.2, -0.15) is 0 Å². The summed E-state index contributed by atoms with van der Waals surface area (Å²) in [6, 6.07) is 7.82. The molecular formula is C16H25N3O2. The summed E-state index contributed by atoms with van der Waals surface area (Å²) in [6.07, 6.45) is 2.11. The molecule has 1 aliphatic carbocycles. The van der Waals surface area contributed by atoms with Crippen molar-refractivity contribution in [3.05, 3.63) is 24.3 Å². The van der Waals surface area contributed by atoms with E-state index in [9.17, 15) is 4.79 Å². The summed E-state index contributed by atoms with van der Waals surface area (Å²) in [6.45, 7) is 3.30. The highest BCUT2D eigenvalue weighted by atomic mass is 16.5. The fraction of sp³-hybridized carbons (Fsp3) is 0.562. The minimum absolute atomic E-state index is 0.262. The molecule has 0 radical (unpaired) electrons. The molecule has 2 rings (SSSR count). The van der Waals surface area contributed by atoms with E-state index in [2.05, 4.69) is 10.2 Å². The third-order valence-electron chi connectivity index (χ3n) is 4.19. The number of hydrogen-bond acceptors (Lipinski definition) is 4. The molecule has 5 nitrogen and oxygen atoms in total. The molecule has 1 unspecified atom stereocenters. The van der Waals surface area contributed by atoms with Crippen LogP contribution < -0.4 is 20.7 Å². The number of nitrogens with one attached hydrogen (secondary N) is 1. The molecule has 5 heteroatoms. The van der Waals surface area contributed by atoms with Gasteiger partial charge in [-0.1, -0.05) is 13.0 Å². The maximum Gasteiger partial charge on any atom is 0.239 e. The molecule has 0 saturated heterocycles. The molecule has 1 amide bonds. The van der Waals surface area contributed by atoms with Gasteiger partial charge < -0.3 is 20.7 Å². The number of carbonyl (C=O) groups is 1. The Morgan fingerprint density at radius 3 is 2.76 bits per heavy atom. The Labute approximate surface area is 126 Å². The summed E-state index contributed by atoms with van der Waals surface area (Å²) in [4.78, 5) is 14.2. The molecule has 0 aliphatic heterocycles. The number of hydrogen-bond donors (Lipinski definition) is 2. The van der Waals surface area contributed by atoms with Gasteiger partial charge in [0.15, 0.2) is 0 Å². The third kappa shape index (κ3) is 3.29. The largest absolute Gasteiger partial charge is 0.497 e. The van der Waals surface area contributed by atoms with Crippen LogP contribution >= 0.6 is 0 Å². The van der Waals surface area contributed by atoms with Crippen molar-refractivity contribution in [3.8, 4) is 5.75 Å². The van der Waals surface area contributed by atoms with Gasteiger partial charge in [0.25, 0.3) is 0 Å². The van der Waals surface area contributed by atoms with Gasteiger partial charge in [-0.3, -0.25) is 4.79 Å². The topological polar surface area (TPSA) is 67.6 Å². The summed E-state index contributed by atoms with van der Waals surface area (Å²) >= 11 is 0. The highest BCUT2D eigenvalue weighted by molar-refractivity contribution is 5.86. The first-order valence-electron chi connectivity index (χ1n) is 7.43. The zero-order valence-corrected chi connectivity index (χ0v) is 13.1. The Hall–Kier alpha value is -1.75. The van der Waals surface area contributed by atoms with Gasteiger partial charge in [0.05, 0.1) is 7.11 Å². The minimum atomic E-state index is -0.646. The smallest absolute Gasteiger partial charge is 0.239 e. The Kier molecular flexibility index (Phi) is 4.73. The summed E-state index contributed by atoms with van der Waals surface area (Å²) in [5.74, 6) is 0.878. The molecule has 1 atom stereocenters. The summed E-state index contributed by atoms with van der Waals surface area (Å²) in [7, 11) is 3.63. The number of anilines is 1. The predicted molar refractivity (Wildman–Crippen MR) is 84.6 cm³/mol. The average Bonchev–Trinajstić information content (AvgIpc) is 3.31. The second kappa shape index (κ2) is 6.35. The number of ether oxygens (including phenoxy) is 1. The molecule has 0 heterocycles. The molecule has 0 aromatic heterocycles. The standard InChI is InChI=1S/C16H25N3O2/c1-4-18-16(15(17)20,12-8-9-12)11-19(2)13-6-5-7-14(10-13)21-3/h5-7,10,12,18H,4,8-9,11H2,1-3H3,(H2,17,20). The van der Waals surface area contributed by atoms with E-state index in [1.165, 1.54) is 0 Å².